The maximum Gasteiger partial charge on any atom is 0.161 e. The van der Waals surface area contributed by atoms with E-state index >= 15 is 0 Å². The molecule has 1 atom stereocenters. The summed E-state index contributed by atoms with van der Waals surface area (Å²) in [5.74, 6) is -0.358. The predicted molar refractivity (Wildman–Crippen MR) is 58.3 cm³/mol. The van der Waals surface area contributed by atoms with Crippen LogP contribution >= 0.6 is 0 Å². The molecule has 1 aliphatic rings. The molecule has 0 amide bonds. The van der Waals surface area contributed by atoms with Crippen molar-refractivity contribution in [1.82, 2.24) is 0 Å². The van der Waals surface area contributed by atoms with E-state index in [1.54, 1.807) is 6.08 Å². The summed E-state index contributed by atoms with van der Waals surface area (Å²) in [5, 5.41) is 10.00. The van der Waals surface area contributed by atoms with Crippen molar-refractivity contribution in [2.24, 2.45) is 0 Å². The van der Waals surface area contributed by atoms with Crippen LogP contribution in [0.3, 0.4) is 0 Å². The van der Waals surface area contributed by atoms with Crippen LogP contribution in [0.1, 0.15) is 30.9 Å². The first-order valence-corrected chi connectivity index (χ1v) is 5.35. The van der Waals surface area contributed by atoms with Crippen LogP contribution in [0.4, 0.5) is 4.39 Å². The van der Waals surface area contributed by atoms with Crippen molar-refractivity contribution >= 4 is 5.78 Å². The minimum absolute atomic E-state index is 0.0110. The maximum absolute atomic E-state index is 12.7. The number of rotatable bonds is 2. The molecule has 1 aliphatic carbocycles. The van der Waals surface area contributed by atoms with Crippen molar-refractivity contribution in [3.63, 3.8) is 0 Å². The molecule has 0 fully saturated rings. The Morgan fingerprint density at radius 3 is 2.56 bits per heavy atom. The van der Waals surface area contributed by atoms with Crippen LogP contribution in [0.5, 0.6) is 0 Å². The van der Waals surface area contributed by atoms with Gasteiger partial charge in [-0.2, -0.15) is 0 Å². The Kier molecular flexibility index (Phi) is 3.15. The third-order valence-corrected chi connectivity index (χ3v) is 2.77. The van der Waals surface area contributed by atoms with E-state index in [2.05, 4.69) is 0 Å². The Bertz CT molecular complexity index is 420. The summed E-state index contributed by atoms with van der Waals surface area (Å²) >= 11 is 0. The zero-order valence-corrected chi connectivity index (χ0v) is 8.82. The fourth-order valence-corrected chi connectivity index (χ4v) is 1.87. The summed E-state index contributed by atoms with van der Waals surface area (Å²) in [5.41, 5.74) is 1.00. The van der Waals surface area contributed by atoms with Gasteiger partial charge in [0.25, 0.3) is 0 Å². The summed E-state index contributed by atoms with van der Waals surface area (Å²) < 4.78 is 12.7. The Labute approximate surface area is 93.4 Å². The lowest BCUT2D eigenvalue weighted by Gasteiger charge is -2.17. The molecule has 0 saturated heterocycles. The predicted octanol–water partition coefficient (Wildman–Crippen LogP) is 2.54. The van der Waals surface area contributed by atoms with Gasteiger partial charge < -0.3 is 5.11 Å². The van der Waals surface area contributed by atoms with Gasteiger partial charge in [-0.15, -0.1) is 0 Å². The lowest BCUT2D eigenvalue weighted by atomic mass is 9.91. The maximum atomic E-state index is 12.7. The number of carbonyl (C=O) groups is 1. The molecule has 0 radical (unpaired) electrons. The van der Waals surface area contributed by atoms with Gasteiger partial charge in [-0.05, 0) is 30.5 Å². The van der Waals surface area contributed by atoms with Crippen LogP contribution in [0, 0.1) is 5.82 Å². The summed E-state index contributed by atoms with van der Waals surface area (Å²) in [6.07, 6.45) is 3.01. The molecular formula is C13H13FO2. The lowest BCUT2D eigenvalue weighted by molar-refractivity contribution is -0.117. The van der Waals surface area contributed by atoms with Gasteiger partial charge in [0.05, 0.1) is 0 Å². The summed E-state index contributed by atoms with van der Waals surface area (Å²) in [7, 11) is 0. The van der Waals surface area contributed by atoms with E-state index in [1.807, 2.05) is 0 Å². The molecule has 0 bridgehead atoms. The van der Waals surface area contributed by atoms with Crippen molar-refractivity contribution in [2.75, 3.05) is 0 Å². The number of benzene rings is 1. The molecule has 3 heteroatoms. The molecule has 16 heavy (non-hydrogen) atoms. The van der Waals surface area contributed by atoms with Crippen LogP contribution in [0.15, 0.2) is 35.9 Å². The average Bonchev–Trinajstić information content (AvgIpc) is 2.30. The number of halogens is 1. The molecule has 0 unspecified atom stereocenters. The van der Waals surface area contributed by atoms with E-state index in [9.17, 15) is 14.3 Å². The highest BCUT2D eigenvalue weighted by Gasteiger charge is 2.22. The normalized spacial score (nSPS) is 18.1. The molecule has 2 rings (SSSR count). The minimum atomic E-state index is -0.923. The van der Waals surface area contributed by atoms with Crippen molar-refractivity contribution in [3.8, 4) is 0 Å². The Morgan fingerprint density at radius 2 is 1.94 bits per heavy atom. The van der Waals surface area contributed by atoms with E-state index < -0.39 is 6.10 Å². The molecule has 0 aliphatic heterocycles. The first-order valence-electron chi connectivity index (χ1n) is 5.35. The molecule has 0 spiro atoms. The van der Waals surface area contributed by atoms with Crippen LogP contribution in [-0.2, 0) is 4.79 Å². The summed E-state index contributed by atoms with van der Waals surface area (Å²) in [4.78, 5) is 11.6. The molecule has 2 nitrogen and oxygen atoms in total. The first kappa shape index (κ1) is 11.0. The number of allylic oxidation sites excluding steroid dienone is 1. The SMILES string of the molecule is O=C1CCCC=C1[C@@H](O)c1ccc(F)cc1. The highest BCUT2D eigenvalue weighted by Crippen LogP contribution is 2.27. The van der Waals surface area contributed by atoms with Gasteiger partial charge in [-0.1, -0.05) is 18.2 Å². The fourth-order valence-electron chi connectivity index (χ4n) is 1.87. The number of ketones is 1. The van der Waals surface area contributed by atoms with E-state index in [0.29, 0.717) is 17.6 Å². The van der Waals surface area contributed by atoms with E-state index in [-0.39, 0.29) is 11.6 Å². The standard InChI is InChI=1S/C13H13FO2/c14-10-7-5-9(6-8-10)13(16)11-3-1-2-4-12(11)15/h3,5-8,13,16H,1-2,4H2/t13-/m0/s1. The van der Waals surface area contributed by atoms with Crippen LogP contribution in [-0.4, -0.2) is 10.9 Å². The zero-order chi connectivity index (χ0) is 11.5. The second-order valence-corrected chi connectivity index (χ2v) is 3.93. The van der Waals surface area contributed by atoms with Gasteiger partial charge in [-0.3, -0.25) is 4.79 Å². The molecule has 1 N–H and O–H groups in total. The third-order valence-electron chi connectivity index (χ3n) is 2.77. The second kappa shape index (κ2) is 4.58. The van der Waals surface area contributed by atoms with Crippen LogP contribution in [0.25, 0.3) is 0 Å². The Hall–Kier alpha value is -1.48. The molecule has 0 aromatic heterocycles. The molecular weight excluding hydrogens is 207 g/mol. The van der Waals surface area contributed by atoms with Gasteiger partial charge in [0, 0.05) is 12.0 Å². The molecule has 1 aromatic carbocycles. The van der Waals surface area contributed by atoms with Gasteiger partial charge in [0.15, 0.2) is 5.78 Å². The zero-order valence-electron chi connectivity index (χ0n) is 8.82. The van der Waals surface area contributed by atoms with Crippen molar-refractivity contribution in [1.29, 1.82) is 0 Å². The third kappa shape index (κ3) is 2.19. The second-order valence-electron chi connectivity index (χ2n) is 3.93. The largest absolute Gasteiger partial charge is 0.384 e. The molecule has 1 aromatic rings. The molecule has 0 saturated carbocycles. The van der Waals surface area contributed by atoms with E-state index in [4.69, 9.17) is 0 Å². The number of aliphatic hydroxyl groups is 1. The number of aliphatic hydroxyl groups excluding tert-OH is 1. The first-order chi connectivity index (χ1) is 7.68. The van der Waals surface area contributed by atoms with Gasteiger partial charge in [0.2, 0.25) is 0 Å². The highest BCUT2D eigenvalue weighted by atomic mass is 19.1. The van der Waals surface area contributed by atoms with Gasteiger partial charge in [0.1, 0.15) is 11.9 Å². The van der Waals surface area contributed by atoms with Crippen molar-refractivity contribution in [2.45, 2.75) is 25.4 Å². The molecule has 84 valence electrons. The number of carbonyl (C=O) groups excluding carboxylic acids is 1. The number of hydrogen-bond donors (Lipinski definition) is 1. The van der Waals surface area contributed by atoms with Gasteiger partial charge in [-0.25, -0.2) is 4.39 Å². The van der Waals surface area contributed by atoms with Crippen LogP contribution in [0.2, 0.25) is 0 Å². The Morgan fingerprint density at radius 1 is 1.25 bits per heavy atom. The molecule has 0 heterocycles. The Balaban J connectivity index is 2.24. The topological polar surface area (TPSA) is 37.3 Å². The average molecular weight is 220 g/mol. The smallest absolute Gasteiger partial charge is 0.161 e. The highest BCUT2D eigenvalue weighted by molar-refractivity contribution is 5.97. The van der Waals surface area contributed by atoms with Crippen molar-refractivity contribution < 1.29 is 14.3 Å². The quantitative estimate of drug-likeness (QED) is 0.831. The van der Waals surface area contributed by atoms with E-state index in [1.165, 1.54) is 24.3 Å². The lowest BCUT2D eigenvalue weighted by Crippen LogP contribution is -2.14. The van der Waals surface area contributed by atoms with Crippen LogP contribution < -0.4 is 0 Å². The fraction of sp³-hybridized carbons (Fsp3) is 0.308. The van der Waals surface area contributed by atoms with Gasteiger partial charge >= 0.3 is 0 Å². The summed E-state index contributed by atoms with van der Waals surface area (Å²) in [6, 6.07) is 5.57. The number of hydrogen-bond acceptors (Lipinski definition) is 2. The van der Waals surface area contributed by atoms with Crippen molar-refractivity contribution in [3.05, 3.63) is 47.3 Å². The monoisotopic (exact) mass is 220 g/mol. The summed E-state index contributed by atoms with van der Waals surface area (Å²) in [6.45, 7) is 0. The van der Waals surface area contributed by atoms with E-state index in [0.717, 1.165) is 12.8 Å². The minimum Gasteiger partial charge on any atom is -0.384 e. The number of Topliss-reactive ketones (excluding diaryl/α,β-unsaturated/α-hetero) is 1.